The molecule has 0 atom stereocenters. The van der Waals surface area contributed by atoms with E-state index in [9.17, 15) is 19.2 Å². The Morgan fingerprint density at radius 1 is 0.574 bits per heavy atom. The van der Waals surface area contributed by atoms with Crippen LogP contribution in [0.15, 0.2) is 48.5 Å². The van der Waals surface area contributed by atoms with Crippen LogP contribution < -0.4 is 15.5 Å². The first-order valence-corrected chi connectivity index (χ1v) is 23.9. The molecule has 3 aromatic rings. The number of amides is 3. The number of carbonyl (C=O) groups is 4. The molecule has 0 saturated heterocycles. The predicted molar refractivity (Wildman–Crippen MR) is 257 cm³/mol. The Morgan fingerprint density at radius 3 is 1.71 bits per heavy atom. The summed E-state index contributed by atoms with van der Waals surface area (Å²) in [5.41, 5.74) is 4.22. The summed E-state index contributed by atoms with van der Waals surface area (Å²) < 4.78 is 46.6. The number of nitrogens with zero attached hydrogens (tertiary/aromatic N) is 4. The van der Waals surface area contributed by atoms with E-state index in [1.54, 1.807) is 4.90 Å². The van der Waals surface area contributed by atoms with Gasteiger partial charge in [0.05, 0.1) is 124 Å². The zero-order chi connectivity index (χ0) is 49.0. The number of para-hydroxylation sites is 1. The highest BCUT2D eigenvalue weighted by Crippen LogP contribution is 2.41. The highest BCUT2D eigenvalue weighted by Gasteiger charge is 2.29. The van der Waals surface area contributed by atoms with Crippen LogP contribution in [-0.4, -0.2) is 156 Å². The summed E-state index contributed by atoms with van der Waals surface area (Å²) in [5.74, 6) is -0.215. The van der Waals surface area contributed by atoms with E-state index >= 15 is 0 Å². The first-order chi connectivity index (χ1) is 32.7. The van der Waals surface area contributed by atoms with Crippen LogP contribution >= 0.6 is 0 Å². The van der Waals surface area contributed by atoms with E-state index in [0.717, 1.165) is 22.4 Å². The fourth-order valence-electron chi connectivity index (χ4n) is 6.93. The average molecular weight is 953 g/mol. The number of benzene rings is 2. The van der Waals surface area contributed by atoms with Crippen molar-refractivity contribution in [3.8, 4) is 22.5 Å². The topological polar surface area (TPSA) is 200 Å². The zero-order valence-corrected chi connectivity index (χ0v) is 41.3. The number of fused-ring (bicyclic) bond motifs is 5. The maximum Gasteiger partial charge on any atom is 0.227 e. The molecule has 2 N–H and O–H groups in total. The Kier molecular flexibility index (Phi) is 25.3. The van der Waals surface area contributed by atoms with Crippen molar-refractivity contribution < 1.29 is 57.1 Å². The van der Waals surface area contributed by atoms with Crippen LogP contribution in [0.2, 0.25) is 0 Å². The number of aromatic nitrogens is 3. The van der Waals surface area contributed by atoms with Gasteiger partial charge in [0.2, 0.25) is 17.7 Å². The van der Waals surface area contributed by atoms with Crippen molar-refractivity contribution >= 4 is 29.2 Å². The van der Waals surface area contributed by atoms with Crippen molar-refractivity contribution in [1.29, 1.82) is 0 Å². The molecule has 0 aliphatic carbocycles. The Morgan fingerprint density at radius 2 is 1.10 bits per heavy atom. The van der Waals surface area contributed by atoms with Crippen LogP contribution in [0, 0.1) is 5.41 Å². The summed E-state index contributed by atoms with van der Waals surface area (Å²) >= 11 is 0. The number of nitrogens with one attached hydrogen (secondary N) is 2. The Bertz CT molecular complexity index is 1960. The van der Waals surface area contributed by atoms with E-state index in [1.165, 1.54) is 0 Å². The summed E-state index contributed by atoms with van der Waals surface area (Å²) in [6.45, 7) is 19.3. The van der Waals surface area contributed by atoms with Crippen molar-refractivity contribution in [3.63, 3.8) is 0 Å². The van der Waals surface area contributed by atoms with Crippen LogP contribution in [0.5, 0.6) is 0 Å². The molecule has 0 unspecified atom stereocenters. The van der Waals surface area contributed by atoms with Gasteiger partial charge in [-0.1, -0.05) is 68.4 Å². The lowest BCUT2D eigenvalue weighted by Crippen LogP contribution is -2.40. The molecule has 0 bridgehead atoms. The van der Waals surface area contributed by atoms with Gasteiger partial charge in [0.15, 0.2) is 0 Å². The maximum atomic E-state index is 13.9. The summed E-state index contributed by atoms with van der Waals surface area (Å²) in [5, 5.41) is 14.9. The van der Waals surface area contributed by atoms with Gasteiger partial charge in [0, 0.05) is 60.9 Å². The minimum Gasteiger partial charge on any atom is -0.379 e. The van der Waals surface area contributed by atoms with Crippen LogP contribution in [0.1, 0.15) is 79.2 Å². The predicted octanol–water partition coefficient (Wildman–Crippen LogP) is 5.19. The molecule has 0 saturated carbocycles. The molecule has 1 aromatic heterocycles. The average Bonchev–Trinajstić information content (AvgIpc) is 3.71. The third-order valence-corrected chi connectivity index (χ3v) is 10.4. The van der Waals surface area contributed by atoms with Gasteiger partial charge in [0.25, 0.3) is 0 Å². The van der Waals surface area contributed by atoms with Crippen LogP contribution in [0.4, 0.5) is 5.69 Å². The molecule has 1 aliphatic rings. The van der Waals surface area contributed by atoms with E-state index < -0.39 is 0 Å². The molecule has 0 spiro atoms. The number of hydrogen-bond acceptors (Lipinski definition) is 14. The number of rotatable bonds is 34. The molecule has 4 rings (SSSR count). The third-order valence-electron chi connectivity index (χ3n) is 10.4. The monoisotopic (exact) mass is 953 g/mol. The van der Waals surface area contributed by atoms with Crippen molar-refractivity contribution in [3.05, 3.63) is 54.1 Å². The van der Waals surface area contributed by atoms with Gasteiger partial charge in [-0.3, -0.25) is 19.2 Å². The van der Waals surface area contributed by atoms with Gasteiger partial charge < -0.3 is 53.4 Å². The highest BCUT2D eigenvalue weighted by molar-refractivity contribution is 6.01. The molecule has 378 valence electrons. The van der Waals surface area contributed by atoms with Crippen LogP contribution in [-0.2, 0) is 70.2 Å². The molecule has 2 aromatic carbocycles. The van der Waals surface area contributed by atoms with Crippen molar-refractivity contribution in [2.45, 2.75) is 92.3 Å². The summed E-state index contributed by atoms with van der Waals surface area (Å²) in [4.78, 5) is 52.2. The quantitative estimate of drug-likeness (QED) is 0.0742. The Balaban J connectivity index is 1.10. The molecule has 18 nitrogen and oxygen atoms in total. The summed E-state index contributed by atoms with van der Waals surface area (Å²) in [6.07, 6.45) is 1.54. The van der Waals surface area contributed by atoms with Gasteiger partial charge >= 0.3 is 0 Å². The highest BCUT2D eigenvalue weighted by atomic mass is 16.6. The fraction of sp³-hybridized carbons (Fsp3) is 0.640. The smallest absolute Gasteiger partial charge is 0.227 e. The summed E-state index contributed by atoms with van der Waals surface area (Å²) in [7, 11) is 0. The van der Waals surface area contributed by atoms with Crippen molar-refractivity contribution in [1.82, 2.24) is 25.6 Å². The van der Waals surface area contributed by atoms with Gasteiger partial charge in [-0.05, 0) is 38.8 Å². The minimum atomic E-state index is -0.349. The van der Waals surface area contributed by atoms with Gasteiger partial charge in [0.1, 0.15) is 11.5 Å². The standard InChI is InChI=1S/C50H76N6O12/c1-49(2,3)43(57)19-23-62-27-31-66-35-37-68-33-29-64-25-21-56-48-40-13-8-7-12-39(40)38-55(42-15-10-9-14-41(42)47(48)53-54-56)46(60)18-17-44(58)51-20-24-63-28-32-67-36-34-65-30-26-61-22-11-16-45(59)52-50(4,5)6/h7-10,12-15H,11,16-38H2,1-6H3,(H,51,58)(H,52,59). The second-order valence-electron chi connectivity index (χ2n) is 18.2. The second kappa shape index (κ2) is 30.7. The number of hydrogen-bond donors (Lipinski definition) is 2. The lowest BCUT2D eigenvalue weighted by Gasteiger charge is -2.28. The van der Waals surface area contributed by atoms with Gasteiger partial charge in [-0.2, -0.15) is 0 Å². The Hall–Kier alpha value is -4.66. The minimum absolute atomic E-state index is 0.0201. The molecule has 0 radical (unpaired) electrons. The number of carbonyl (C=O) groups excluding carboxylic acids is 4. The third kappa shape index (κ3) is 21.3. The SMILES string of the molecule is CC(C)(C)NC(=O)CCCOCCOCCOCCOCCNC(=O)CCC(=O)N1Cc2ccccc2-c2c(nnn2CCOCCOCCOCCOCCC(=O)C(C)(C)C)-c2ccccc21. The van der Waals surface area contributed by atoms with E-state index in [0.29, 0.717) is 156 Å². The molecule has 2 heterocycles. The number of anilines is 1. The molecule has 68 heavy (non-hydrogen) atoms. The fourth-order valence-corrected chi connectivity index (χ4v) is 6.93. The van der Waals surface area contributed by atoms with Crippen LogP contribution in [0.3, 0.4) is 0 Å². The lowest BCUT2D eigenvalue weighted by molar-refractivity contribution is -0.127. The van der Waals surface area contributed by atoms with E-state index in [-0.39, 0.29) is 47.3 Å². The first-order valence-electron chi connectivity index (χ1n) is 23.9. The number of Topliss-reactive ketones (excluding diaryl/α,β-unsaturated/α-hetero) is 1. The number of ether oxygens (including phenoxy) is 8. The zero-order valence-electron chi connectivity index (χ0n) is 41.3. The molecule has 18 heteroatoms. The van der Waals surface area contributed by atoms with Crippen LogP contribution in [0.25, 0.3) is 22.5 Å². The molecular weight excluding hydrogens is 877 g/mol. The van der Waals surface area contributed by atoms with E-state index in [1.807, 2.05) is 94.8 Å². The lowest BCUT2D eigenvalue weighted by atomic mass is 9.89. The van der Waals surface area contributed by atoms with E-state index in [2.05, 4.69) is 20.9 Å². The maximum absolute atomic E-state index is 13.9. The molecular formula is C50H76N6O12. The normalized spacial score (nSPS) is 12.5. The largest absolute Gasteiger partial charge is 0.379 e. The first kappa shape index (κ1) is 55.9. The van der Waals surface area contributed by atoms with Gasteiger partial charge in [-0.25, -0.2) is 4.68 Å². The molecule has 0 fully saturated rings. The van der Waals surface area contributed by atoms with Gasteiger partial charge in [-0.15, -0.1) is 5.10 Å². The van der Waals surface area contributed by atoms with Crippen molar-refractivity contribution in [2.75, 3.05) is 117 Å². The number of ketones is 1. The molecule has 1 aliphatic heterocycles. The van der Waals surface area contributed by atoms with E-state index in [4.69, 9.17) is 37.9 Å². The summed E-state index contributed by atoms with van der Waals surface area (Å²) in [6, 6.07) is 15.5. The second-order valence-corrected chi connectivity index (χ2v) is 18.2. The molecule has 3 amide bonds. The Labute approximate surface area is 402 Å². The van der Waals surface area contributed by atoms with Crippen molar-refractivity contribution in [2.24, 2.45) is 5.41 Å².